The average molecular weight is 679 g/mol. The van der Waals surface area contributed by atoms with Gasteiger partial charge in [-0.1, -0.05) is 68.5 Å². The number of amides is 3. The van der Waals surface area contributed by atoms with Gasteiger partial charge in [-0.15, -0.1) is 0 Å². The minimum atomic E-state index is -1.40. The maximum absolute atomic E-state index is 14.9. The number of hydrogen-bond acceptors (Lipinski definition) is 9. The Morgan fingerprint density at radius 3 is 2.49 bits per heavy atom. The van der Waals surface area contributed by atoms with E-state index in [9.17, 15) is 24.3 Å². The van der Waals surface area contributed by atoms with Crippen molar-refractivity contribution in [2.75, 3.05) is 52.5 Å². The molecule has 0 radical (unpaired) electrons. The first-order chi connectivity index (χ1) is 23.6. The number of morpholine rings is 1. The minimum Gasteiger partial charge on any atom is -0.455 e. The summed E-state index contributed by atoms with van der Waals surface area (Å²) >= 11 is 0. The molecule has 0 saturated carbocycles. The summed E-state index contributed by atoms with van der Waals surface area (Å²) in [6.07, 6.45) is 6.91. The number of fused-ring (bicyclic) bond motifs is 2. The quantitative estimate of drug-likeness (QED) is 0.312. The molecule has 0 aromatic heterocycles. The summed E-state index contributed by atoms with van der Waals surface area (Å²) < 4.78 is 18.4. The van der Waals surface area contributed by atoms with Gasteiger partial charge in [-0.3, -0.25) is 24.1 Å². The average Bonchev–Trinajstić information content (AvgIpc) is 3.74. The predicted molar refractivity (Wildman–Crippen MR) is 180 cm³/mol. The van der Waals surface area contributed by atoms with E-state index in [4.69, 9.17) is 14.2 Å². The van der Waals surface area contributed by atoms with Gasteiger partial charge in [0, 0.05) is 39.1 Å². The Labute approximate surface area is 288 Å². The Hall–Kier alpha value is -3.58. The van der Waals surface area contributed by atoms with Gasteiger partial charge in [-0.2, -0.15) is 0 Å². The van der Waals surface area contributed by atoms with Crippen LogP contribution in [0, 0.1) is 17.8 Å². The van der Waals surface area contributed by atoms with Crippen LogP contribution in [0.2, 0.25) is 0 Å². The molecule has 0 unspecified atom stereocenters. The number of benzene rings is 1. The number of rotatable bonds is 8. The lowest BCUT2D eigenvalue weighted by molar-refractivity contribution is -0.162. The molecule has 1 aromatic rings. The van der Waals surface area contributed by atoms with E-state index in [-0.39, 0.29) is 37.3 Å². The molecule has 5 bridgehead atoms. The van der Waals surface area contributed by atoms with E-state index in [1.54, 1.807) is 24.0 Å². The molecule has 3 amide bonds. The number of ether oxygens (including phenoxy) is 3. The largest absolute Gasteiger partial charge is 0.455 e. The zero-order valence-electron chi connectivity index (χ0n) is 28.7. The minimum absolute atomic E-state index is 0.126. The van der Waals surface area contributed by atoms with Gasteiger partial charge in [-0.05, 0) is 31.2 Å². The molecule has 6 rings (SSSR count). The van der Waals surface area contributed by atoms with Crippen LogP contribution in [0.15, 0.2) is 54.6 Å². The second kappa shape index (κ2) is 15.1. The summed E-state index contributed by atoms with van der Waals surface area (Å²) in [5, 5.41) is 13.7. The van der Waals surface area contributed by atoms with Gasteiger partial charge in [0.2, 0.25) is 17.7 Å². The molecule has 0 aliphatic carbocycles. The van der Waals surface area contributed by atoms with Crippen LogP contribution in [0.3, 0.4) is 0 Å². The number of nitrogens with one attached hydrogen (secondary N) is 1. The van der Waals surface area contributed by atoms with Crippen LogP contribution in [0.4, 0.5) is 0 Å². The van der Waals surface area contributed by atoms with Crippen LogP contribution in [0.1, 0.15) is 51.7 Å². The summed E-state index contributed by atoms with van der Waals surface area (Å²) in [6.45, 7) is 9.53. The maximum Gasteiger partial charge on any atom is 0.313 e. The highest BCUT2D eigenvalue weighted by atomic mass is 16.6. The number of aliphatic hydroxyl groups excluding tert-OH is 1. The SMILES string of the molecule is CC(C)C[C@H](CO)N1C(=O)[C@@H]2[C@H]3C(=O)O[C@@H](c4ccccc4)[C@H](C)NC(=O)CC/C=C\CN(CCN4CCOCC4)C(=O)[C@@H]1[C@]21C=C[C@H]3O1. The summed E-state index contributed by atoms with van der Waals surface area (Å²) in [7, 11) is 0. The first kappa shape index (κ1) is 35.3. The van der Waals surface area contributed by atoms with E-state index in [1.807, 2.05) is 56.3 Å². The van der Waals surface area contributed by atoms with Crippen molar-refractivity contribution in [1.29, 1.82) is 0 Å². The third-order valence-electron chi connectivity index (χ3n) is 10.5. The number of carbonyl (C=O) groups excluding carboxylic acids is 4. The van der Waals surface area contributed by atoms with Gasteiger partial charge in [-0.25, -0.2) is 0 Å². The van der Waals surface area contributed by atoms with Crippen LogP contribution in [-0.2, 0) is 33.4 Å². The standard InChI is InChI=1S/C37H50N4O8/c1-24(2)22-27(23-42)41-33-35(45)40(17-16-39-18-20-47-21-19-39)15-9-5-8-12-29(43)38-25(3)32(26-10-6-4-7-11-26)48-36(46)30-28-13-14-37(33,49-28)31(30)34(41)44/h4-7,9-11,13-14,24-25,27-28,30-33,42H,8,12,15-23H2,1-3H3,(H,38,43)/b9-5-/t25-,27+,28+,30-,31-,32+,33+,37-/m0/s1. The van der Waals surface area contributed by atoms with E-state index in [0.29, 0.717) is 44.7 Å². The van der Waals surface area contributed by atoms with E-state index >= 15 is 0 Å². The molecule has 5 aliphatic rings. The molecule has 49 heavy (non-hydrogen) atoms. The molecule has 5 heterocycles. The monoisotopic (exact) mass is 678 g/mol. The van der Waals surface area contributed by atoms with Crippen molar-refractivity contribution in [3.05, 3.63) is 60.2 Å². The highest BCUT2D eigenvalue weighted by Gasteiger charge is 2.74. The number of esters is 1. The van der Waals surface area contributed by atoms with Gasteiger partial charge >= 0.3 is 5.97 Å². The first-order valence-corrected chi connectivity index (χ1v) is 17.7. The Kier molecular flexibility index (Phi) is 10.9. The third-order valence-corrected chi connectivity index (χ3v) is 10.5. The summed E-state index contributed by atoms with van der Waals surface area (Å²) in [6, 6.07) is 6.92. The van der Waals surface area contributed by atoms with E-state index in [0.717, 1.165) is 13.1 Å². The van der Waals surface area contributed by atoms with Crippen LogP contribution >= 0.6 is 0 Å². The highest BCUT2D eigenvalue weighted by molar-refractivity contribution is 5.99. The zero-order valence-corrected chi connectivity index (χ0v) is 28.7. The second-order valence-corrected chi connectivity index (χ2v) is 14.3. The Bertz CT molecular complexity index is 1430. The Balaban J connectivity index is 1.40. The van der Waals surface area contributed by atoms with Gasteiger partial charge in [0.15, 0.2) is 0 Å². The van der Waals surface area contributed by atoms with Crippen molar-refractivity contribution >= 4 is 23.7 Å². The van der Waals surface area contributed by atoms with Crippen molar-refractivity contribution < 1.29 is 38.5 Å². The van der Waals surface area contributed by atoms with Crippen LogP contribution in [0.5, 0.6) is 0 Å². The Morgan fingerprint density at radius 2 is 1.78 bits per heavy atom. The fraction of sp³-hybridized carbons (Fsp3) is 0.622. The molecule has 5 aliphatic heterocycles. The molecule has 266 valence electrons. The summed E-state index contributed by atoms with van der Waals surface area (Å²) in [5.74, 6) is -3.41. The van der Waals surface area contributed by atoms with E-state index in [2.05, 4.69) is 10.2 Å². The molecule has 12 heteroatoms. The lowest BCUT2D eigenvalue weighted by Crippen LogP contribution is -2.59. The molecule has 12 nitrogen and oxygen atoms in total. The number of aliphatic hydroxyl groups is 1. The van der Waals surface area contributed by atoms with Crippen molar-refractivity contribution in [2.24, 2.45) is 17.8 Å². The molecule has 1 aromatic carbocycles. The Morgan fingerprint density at radius 1 is 1.02 bits per heavy atom. The predicted octanol–water partition coefficient (Wildman–Crippen LogP) is 1.84. The van der Waals surface area contributed by atoms with Gasteiger partial charge in [0.25, 0.3) is 0 Å². The normalized spacial score (nSPS) is 33.9. The molecule has 1 spiro atoms. The van der Waals surface area contributed by atoms with Crippen LogP contribution < -0.4 is 5.32 Å². The fourth-order valence-corrected chi connectivity index (χ4v) is 8.16. The number of cyclic esters (lactones) is 1. The summed E-state index contributed by atoms with van der Waals surface area (Å²) in [5.41, 5.74) is -0.694. The molecule has 3 fully saturated rings. The first-order valence-electron chi connectivity index (χ1n) is 17.7. The molecule has 3 saturated heterocycles. The van der Waals surface area contributed by atoms with Gasteiger partial charge in [0.05, 0.1) is 43.9 Å². The van der Waals surface area contributed by atoms with Gasteiger partial charge in [0.1, 0.15) is 23.7 Å². The number of likely N-dealkylation sites (tertiary alicyclic amines) is 1. The van der Waals surface area contributed by atoms with E-state index in [1.165, 1.54) is 4.90 Å². The molecule has 2 N–H and O–H groups in total. The number of hydrogen-bond donors (Lipinski definition) is 2. The lowest BCUT2D eigenvalue weighted by atomic mass is 9.74. The number of carbonyl (C=O) groups is 4. The molecular weight excluding hydrogens is 628 g/mol. The van der Waals surface area contributed by atoms with Crippen LogP contribution in [-0.4, -0.2) is 126 Å². The van der Waals surface area contributed by atoms with Crippen molar-refractivity contribution in [2.45, 2.75) is 76.0 Å². The van der Waals surface area contributed by atoms with Crippen LogP contribution in [0.25, 0.3) is 0 Å². The van der Waals surface area contributed by atoms with Crippen molar-refractivity contribution in [3.63, 3.8) is 0 Å². The van der Waals surface area contributed by atoms with Crippen molar-refractivity contribution in [1.82, 2.24) is 20.0 Å². The lowest BCUT2D eigenvalue weighted by Gasteiger charge is -2.39. The summed E-state index contributed by atoms with van der Waals surface area (Å²) in [4.78, 5) is 62.5. The van der Waals surface area contributed by atoms with Gasteiger partial charge < -0.3 is 34.4 Å². The molecule has 8 atom stereocenters. The zero-order chi connectivity index (χ0) is 34.7. The molecular formula is C37H50N4O8. The van der Waals surface area contributed by atoms with E-state index < -0.39 is 59.6 Å². The number of allylic oxidation sites excluding steroid dienone is 1. The number of nitrogens with zero attached hydrogens (tertiary/aromatic N) is 3. The topological polar surface area (TPSA) is 138 Å². The second-order valence-electron chi connectivity index (χ2n) is 14.3. The fourth-order valence-electron chi connectivity index (χ4n) is 8.16. The smallest absolute Gasteiger partial charge is 0.313 e. The maximum atomic E-state index is 14.9. The van der Waals surface area contributed by atoms with Crippen molar-refractivity contribution in [3.8, 4) is 0 Å². The highest BCUT2D eigenvalue weighted by Crippen LogP contribution is 2.56. The third kappa shape index (κ3) is 7.06.